The van der Waals surface area contributed by atoms with Crippen LogP contribution in [0.3, 0.4) is 0 Å². The molecule has 0 amide bonds. The maximum absolute atomic E-state index is 3.07. The van der Waals surface area contributed by atoms with Crippen LogP contribution in [0.2, 0.25) is 0 Å². The summed E-state index contributed by atoms with van der Waals surface area (Å²) in [6, 6.07) is 0. The minimum Gasteiger partial charge on any atom is -0.277 e. The van der Waals surface area contributed by atoms with Gasteiger partial charge in [0.1, 0.15) is 13.1 Å². The van der Waals surface area contributed by atoms with Crippen LogP contribution in [0, 0.1) is 0 Å². The van der Waals surface area contributed by atoms with E-state index in [9.17, 15) is 0 Å². The molecule has 6 heavy (non-hydrogen) atoms. The Morgan fingerprint density at radius 1 is 1.83 bits per heavy atom. The van der Waals surface area contributed by atoms with Crippen molar-refractivity contribution >= 4 is 6.34 Å². The smallest absolute Gasteiger partial charge is 0.232 e. The van der Waals surface area contributed by atoms with Crippen LogP contribution in [0.1, 0.15) is 0 Å². The molecule has 1 heterocycles. The summed E-state index contributed by atoms with van der Waals surface area (Å²) >= 11 is 0. The quantitative estimate of drug-likeness (QED) is 0.383. The predicted octanol–water partition coefficient (Wildman–Crippen LogP) is -0.740. The molecular weight excluding hydrogens is 76.1 g/mol. The van der Waals surface area contributed by atoms with E-state index in [1.54, 1.807) is 0 Å². The van der Waals surface area contributed by atoms with Crippen molar-refractivity contribution in [3.63, 3.8) is 0 Å². The standard InChI is InChI=1S/C4H8N2/c1-6-3-2-5-4-6/h4H,2-3H2,1H3/p+1. The number of rotatable bonds is 0. The Labute approximate surface area is 37.5 Å². The molecule has 0 saturated carbocycles. The Hall–Kier alpha value is -0.530. The first-order chi connectivity index (χ1) is 2.89. The van der Waals surface area contributed by atoms with Crippen molar-refractivity contribution in [1.29, 1.82) is 0 Å². The van der Waals surface area contributed by atoms with E-state index in [1.165, 1.54) is 0 Å². The molecule has 0 atom stereocenters. The zero-order valence-corrected chi connectivity index (χ0v) is 3.94. The van der Waals surface area contributed by atoms with Crippen molar-refractivity contribution < 1.29 is 4.58 Å². The van der Waals surface area contributed by atoms with Crippen LogP contribution < -0.4 is 5.32 Å². The van der Waals surface area contributed by atoms with Crippen LogP contribution >= 0.6 is 0 Å². The topological polar surface area (TPSA) is 15.0 Å². The van der Waals surface area contributed by atoms with Gasteiger partial charge in [0.25, 0.3) is 0 Å². The van der Waals surface area contributed by atoms with Crippen molar-refractivity contribution in [2.45, 2.75) is 0 Å². The van der Waals surface area contributed by atoms with Gasteiger partial charge in [0, 0.05) is 0 Å². The van der Waals surface area contributed by atoms with Crippen LogP contribution in [0.15, 0.2) is 0 Å². The fraction of sp³-hybridized carbons (Fsp3) is 0.750. The summed E-state index contributed by atoms with van der Waals surface area (Å²) in [6.45, 7) is 2.26. The van der Waals surface area contributed by atoms with E-state index in [-0.39, 0.29) is 0 Å². The summed E-state index contributed by atoms with van der Waals surface area (Å²) in [5, 5.41) is 3.07. The lowest BCUT2D eigenvalue weighted by Gasteiger charge is -1.78. The predicted molar refractivity (Wildman–Crippen MR) is 25.1 cm³/mol. The number of nitrogens with zero attached hydrogens (tertiary/aromatic N) is 1. The highest BCUT2D eigenvalue weighted by Crippen LogP contribution is 1.68. The zero-order valence-electron chi connectivity index (χ0n) is 3.94. The fourth-order valence-corrected chi connectivity index (χ4v) is 0.526. The van der Waals surface area contributed by atoms with Crippen molar-refractivity contribution in [3.8, 4) is 0 Å². The van der Waals surface area contributed by atoms with Crippen LogP contribution in [0.5, 0.6) is 0 Å². The minimum absolute atomic E-state index is 1.11. The van der Waals surface area contributed by atoms with E-state index in [1.807, 2.05) is 6.34 Å². The Balaban J connectivity index is 2.45. The molecule has 2 heteroatoms. The number of likely N-dealkylation sites (N-methyl/N-ethyl adjacent to an activating group) is 1. The van der Waals surface area contributed by atoms with Gasteiger partial charge < -0.3 is 0 Å². The summed E-state index contributed by atoms with van der Waals surface area (Å²) in [7, 11) is 2.06. The highest BCUT2D eigenvalue weighted by atomic mass is 15.1. The molecule has 0 radical (unpaired) electrons. The first-order valence-electron chi connectivity index (χ1n) is 2.16. The van der Waals surface area contributed by atoms with E-state index >= 15 is 0 Å². The van der Waals surface area contributed by atoms with Gasteiger partial charge in [-0.25, -0.2) is 0 Å². The maximum atomic E-state index is 3.07. The van der Waals surface area contributed by atoms with E-state index in [4.69, 9.17) is 0 Å². The fourth-order valence-electron chi connectivity index (χ4n) is 0.526. The summed E-state index contributed by atoms with van der Waals surface area (Å²) in [6.07, 6.45) is 1.99. The molecule has 0 fully saturated rings. The highest BCUT2D eigenvalue weighted by Gasteiger charge is 1.99. The molecule has 0 aromatic carbocycles. The molecule has 1 rings (SSSR count). The highest BCUT2D eigenvalue weighted by molar-refractivity contribution is 5.48. The summed E-state index contributed by atoms with van der Waals surface area (Å²) in [5.74, 6) is 0. The first-order valence-corrected chi connectivity index (χ1v) is 2.16. The van der Waals surface area contributed by atoms with Crippen LogP contribution in [0.25, 0.3) is 0 Å². The van der Waals surface area contributed by atoms with E-state index < -0.39 is 0 Å². The second kappa shape index (κ2) is 1.29. The normalized spacial score (nSPS) is 19.8. The maximum Gasteiger partial charge on any atom is 0.232 e. The Bertz CT molecular complexity index is 75.6. The SMILES string of the molecule is C[N+]1=CNCC1. The van der Waals surface area contributed by atoms with Gasteiger partial charge in [-0.3, -0.25) is 9.89 Å². The molecule has 34 valence electrons. The Morgan fingerprint density at radius 2 is 2.67 bits per heavy atom. The van der Waals surface area contributed by atoms with Gasteiger partial charge in [-0.15, -0.1) is 0 Å². The Kier molecular flexibility index (Phi) is 0.783. The molecule has 0 saturated heterocycles. The molecule has 1 aliphatic rings. The molecule has 0 aromatic heterocycles. The molecule has 0 aliphatic carbocycles. The largest absolute Gasteiger partial charge is 0.277 e. The lowest BCUT2D eigenvalue weighted by Crippen LogP contribution is -2.05. The van der Waals surface area contributed by atoms with Crippen LogP contribution in [-0.2, 0) is 0 Å². The van der Waals surface area contributed by atoms with Gasteiger partial charge in [-0.05, 0) is 0 Å². The average Bonchev–Trinajstić information content (AvgIpc) is 1.86. The van der Waals surface area contributed by atoms with Crippen molar-refractivity contribution in [1.82, 2.24) is 5.32 Å². The Morgan fingerprint density at radius 3 is 2.83 bits per heavy atom. The third-order valence-electron chi connectivity index (χ3n) is 0.921. The molecule has 0 unspecified atom stereocenters. The van der Waals surface area contributed by atoms with E-state index in [0.717, 1.165) is 13.1 Å². The zero-order chi connectivity index (χ0) is 4.41. The summed E-state index contributed by atoms with van der Waals surface area (Å²) in [5.41, 5.74) is 0. The molecule has 1 aliphatic heterocycles. The lowest BCUT2D eigenvalue weighted by molar-refractivity contribution is -0.481. The van der Waals surface area contributed by atoms with Crippen LogP contribution in [0.4, 0.5) is 0 Å². The second-order valence-corrected chi connectivity index (χ2v) is 1.56. The second-order valence-electron chi connectivity index (χ2n) is 1.56. The number of nitrogens with one attached hydrogen (secondary N) is 1. The molecule has 0 bridgehead atoms. The third kappa shape index (κ3) is 0.506. The molecule has 1 N–H and O–H groups in total. The van der Waals surface area contributed by atoms with Gasteiger partial charge in [0.2, 0.25) is 6.34 Å². The van der Waals surface area contributed by atoms with Crippen molar-refractivity contribution in [3.05, 3.63) is 0 Å². The average molecular weight is 85.1 g/mol. The first kappa shape index (κ1) is 3.65. The van der Waals surface area contributed by atoms with Gasteiger partial charge >= 0.3 is 0 Å². The summed E-state index contributed by atoms with van der Waals surface area (Å²) < 4.78 is 2.12. The molecule has 0 aromatic rings. The summed E-state index contributed by atoms with van der Waals surface area (Å²) in [4.78, 5) is 0. The monoisotopic (exact) mass is 85.1 g/mol. The molecule has 0 spiro atoms. The van der Waals surface area contributed by atoms with Gasteiger partial charge in [0.15, 0.2) is 0 Å². The van der Waals surface area contributed by atoms with Gasteiger partial charge in [-0.2, -0.15) is 0 Å². The van der Waals surface area contributed by atoms with E-state index in [0.29, 0.717) is 0 Å². The van der Waals surface area contributed by atoms with Gasteiger partial charge in [-0.1, -0.05) is 0 Å². The van der Waals surface area contributed by atoms with Crippen molar-refractivity contribution in [2.75, 3.05) is 20.1 Å². The third-order valence-corrected chi connectivity index (χ3v) is 0.921. The van der Waals surface area contributed by atoms with Crippen LogP contribution in [-0.4, -0.2) is 31.1 Å². The molecular formula is C4H9N2+. The lowest BCUT2D eigenvalue weighted by atomic mass is 10.7. The number of hydrogen-bond donors (Lipinski definition) is 1. The van der Waals surface area contributed by atoms with Crippen molar-refractivity contribution in [2.24, 2.45) is 0 Å². The van der Waals surface area contributed by atoms with Gasteiger partial charge in [0.05, 0.1) is 7.05 Å². The van der Waals surface area contributed by atoms with E-state index in [2.05, 4.69) is 16.9 Å². The number of hydrogen-bond acceptors (Lipinski definition) is 1. The molecule has 2 nitrogen and oxygen atoms in total. The minimum atomic E-state index is 1.11.